The maximum absolute atomic E-state index is 6.18. The Morgan fingerprint density at radius 3 is 2.74 bits per heavy atom. The highest BCUT2D eigenvalue weighted by Crippen LogP contribution is 2.25. The topological polar surface area (TPSA) is 57.9 Å². The Bertz CT molecular complexity index is 1060. The van der Waals surface area contributed by atoms with Crippen LogP contribution in [-0.4, -0.2) is 70.2 Å². The molecule has 3 aromatic rings. The highest BCUT2D eigenvalue weighted by molar-refractivity contribution is 14.0. The number of nitrogens with one attached hydrogen (secondary N) is 1. The summed E-state index contributed by atoms with van der Waals surface area (Å²) in [4.78, 5) is 14.2. The summed E-state index contributed by atoms with van der Waals surface area (Å²) in [7, 11) is 0. The molecule has 2 unspecified atom stereocenters. The summed E-state index contributed by atoms with van der Waals surface area (Å²) in [5.74, 6) is 0.954. The molecule has 0 radical (unpaired) electrons. The van der Waals surface area contributed by atoms with Crippen LogP contribution in [0.4, 0.5) is 0 Å². The van der Waals surface area contributed by atoms with Crippen molar-refractivity contribution < 1.29 is 4.74 Å². The Morgan fingerprint density at radius 1 is 1.12 bits per heavy atom. The van der Waals surface area contributed by atoms with Gasteiger partial charge in [-0.15, -0.1) is 24.0 Å². The predicted octanol–water partition coefficient (Wildman–Crippen LogP) is 3.54. The number of guanidine groups is 1. The van der Waals surface area contributed by atoms with Crippen molar-refractivity contribution in [3.8, 4) is 5.69 Å². The van der Waals surface area contributed by atoms with Crippen LogP contribution in [0.2, 0.25) is 0 Å². The fourth-order valence-electron chi connectivity index (χ4n) is 4.83. The number of para-hydroxylation sites is 1. The molecule has 0 bridgehead atoms. The molecule has 2 saturated heterocycles. The van der Waals surface area contributed by atoms with E-state index in [4.69, 9.17) is 9.73 Å². The van der Waals surface area contributed by atoms with E-state index in [1.54, 1.807) is 6.20 Å². The minimum Gasteiger partial charge on any atom is -0.373 e. The van der Waals surface area contributed by atoms with E-state index in [2.05, 4.69) is 81.6 Å². The summed E-state index contributed by atoms with van der Waals surface area (Å²) in [6.45, 7) is 8.07. The second-order valence-electron chi connectivity index (χ2n) is 8.61. The van der Waals surface area contributed by atoms with Crippen LogP contribution in [-0.2, 0) is 17.8 Å². The van der Waals surface area contributed by atoms with E-state index >= 15 is 0 Å². The Labute approximate surface area is 218 Å². The Morgan fingerprint density at radius 2 is 1.94 bits per heavy atom. The van der Waals surface area contributed by atoms with Gasteiger partial charge in [0, 0.05) is 45.1 Å². The van der Waals surface area contributed by atoms with E-state index < -0.39 is 0 Å². The number of imidazole rings is 1. The van der Waals surface area contributed by atoms with Crippen LogP contribution in [0.3, 0.4) is 0 Å². The number of likely N-dealkylation sites (tertiary alicyclic amines) is 1. The molecular weight excluding hydrogens is 539 g/mol. The molecule has 34 heavy (non-hydrogen) atoms. The van der Waals surface area contributed by atoms with Crippen LogP contribution < -0.4 is 5.32 Å². The average molecular weight is 572 g/mol. The van der Waals surface area contributed by atoms with Gasteiger partial charge in [-0.25, -0.2) is 9.98 Å². The Kier molecular flexibility index (Phi) is 8.58. The fourth-order valence-corrected chi connectivity index (χ4v) is 4.83. The number of ether oxygens (including phenoxy) is 1. The highest BCUT2D eigenvalue weighted by Gasteiger charge is 2.41. The van der Waals surface area contributed by atoms with E-state index in [0.717, 1.165) is 51.0 Å². The molecule has 2 aliphatic heterocycles. The standard InChI is InChI=1S/C26H32N6O.HI/c1-2-28-26(29-16-22-10-6-7-11-23(22)31-13-12-27-20-31)32-18-24-25(19-32)33-15-14-30(24)17-21-8-4-3-5-9-21;/h3-13,20,24-25H,2,14-19H2,1H3,(H,28,29);1H. The number of halogens is 1. The van der Waals surface area contributed by atoms with Gasteiger partial charge < -0.3 is 19.5 Å². The molecule has 0 spiro atoms. The average Bonchev–Trinajstić information content (AvgIpc) is 3.53. The molecule has 8 heteroatoms. The normalized spacial score (nSPS) is 20.6. The van der Waals surface area contributed by atoms with E-state index in [1.807, 2.05) is 17.1 Å². The summed E-state index contributed by atoms with van der Waals surface area (Å²) in [5.41, 5.74) is 3.64. The van der Waals surface area contributed by atoms with Gasteiger partial charge in [0.1, 0.15) is 0 Å². The number of nitrogens with zero attached hydrogens (tertiary/aromatic N) is 5. The van der Waals surface area contributed by atoms with Crippen molar-refractivity contribution >= 4 is 29.9 Å². The quantitative estimate of drug-likeness (QED) is 0.278. The Hall–Kier alpha value is -2.43. The van der Waals surface area contributed by atoms with Crippen LogP contribution >= 0.6 is 24.0 Å². The van der Waals surface area contributed by atoms with E-state index in [1.165, 1.54) is 11.1 Å². The maximum atomic E-state index is 6.18. The lowest BCUT2D eigenvalue weighted by Gasteiger charge is -2.36. The van der Waals surface area contributed by atoms with Crippen molar-refractivity contribution in [3.63, 3.8) is 0 Å². The molecule has 2 aliphatic rings. The molecule has 0 amide bonds. The predicted molar refractivity (Wildman–Crippen MR) is 146 cm³/mol. The van der Waals surface area contributed by atoms with Gasteiger partial charge in [0.25, 0.3) is 0 Å². The first kappa shape index (κ1) is 24.7. The number of benzene rings is 2. The summed E-state index contributed by atoms with van der Waals surface area (Å²) < 4.78 is 8.22. The van der Waals surface area contributed by atoms with E-state index in [9.17, 15) is 0 Å². The van der Waals surface area contributed by atoms with Crippen molar-refractivity contribution in [3.05, 3.63) is 84.4 Å². The maximum Gasteiger partial charge on any atom is 0.194 e. The zero-order valence-corrected chi connectivity index (χ0v) is 21.9. The van der Waals surface area contributed by atoms with Crippen molar-refractivity contribution in [2.75, 3.05) is 32.8 Å². The summed E-state index contributed by atoms with van der Waals surface area (Å²) >= 11 is 0. The third-order valence-electron chi connectivity index (χ3n) is 6.45. The van der Waals surface area contributed by atoms with Gasteiger partial charge in [-0.3, -0.25) is 4.90 Å². The Balaban J connectivity index is 0.00000274. The molecule has 1 aromatic heterocycles. The monoisotopic (exact) mass is 572 g/mol. The number of aromatic nitrogens is 2. The number of rotatable bonds is 6. The fraction of sp³-hybridized carbons (Fsp3) is 0.385. The molecule has 1 N–H and O–H groups in total. The van der Waals surface area contributed by atoms with Gasteiger partial charge in [-0.1, -0.05) is 48.5 Å². The van der Waals surface area contributed by atoms with Crippen molar-refractivity contribution in [2.24, 2.45) is 4.99 Å². The first-order valence-electron chi connectivity index (χ1n) is 11.8. The second-order valence-corrected chi connectivity index (χ2v) is 8.61. The van der Waals surface area contributed by atoms with Gasteiger partial charge in [0.15, 0.2) is 5.96 Å². The summed E-state index contributed by atoms with van der Waals surface area (Å²) in [6, 6.07) is 19.5. The zero-order valence-electron chi connectivity index (χ0n) is 19.6. The molecule has 7 nitrogen and oxygen atoms in total. The second kappa shape index (κ2) is 11.8. The molecule has 0 aliphatic carbocycles. The molecule has 2 fully saturated rings. The minimum atomic E-state index is 0. The number of morpholine rings is 1. The molecular formula is C26H33IN6O. The lowest BCUT2D eigenvalue weighted by atomic mass is 10.1. The molecule has 2 aromatic carbocycles. The van der Waals surface area contributed by atoms with Gasteiger partial charge in [-0.05, 0) is 24.1 Å². The van der Waals surface area contributed by atoms with E-state index in [-0.39, 0.29) is 30.1 Å². The first-order chi connectivity index (χ1) is 16.3. The van der Waals surface area contributed by atoms with Crippen LogP contribution in [0.5, 0.6) is 0 Å². The number of fused-ring (bicyclic) bond motifs is 1. The largest absolute Gasteiger partial charge is 0.373 e. The molecule has 2 atom stereocenters. The smallest absolute Gasteiger partial charge is 0.194 e. The van der Waals surface area contributed by atoms with Crippen LogP contribution in [0.1, 0.15) is 18.1 Å². The third-order valence-corrected chi connectivity index (χ3v) is 6.45. The van der Waals surface area contributed by atoms with Gasteiger partial charge in [0.05, 0.1) is 37.3 Å². The summed E-state index contributed by atoms with van der Waals surface area (Å²) in [5, 5.41) is 3.51. The third kappa shape index (κ3) is 5.61. The number of hydrogen-bond acceptors (Lipinski definition) is 4. The van der Waals surface area contributed by atoms with Crippen LogP contribution in [0.25, 0.3) is 5.69 Å². The number of hydrogen-bond donors (Lipinski definition) is 1. The van der Waals surface area contributed by atoms with Crippen molar-refractivity contribution in [1.29, 1.82) is 0 Å². The van der Waals surface area contributed by atoms with Crippen molar-refractivity contribution in [1.82, 2.24) is 24.7 Å². The number of aliphatic imine (C=N–C) groups is 1. The lowest BCUT2D eigenvalue weighted by molar-refractivity contribution is -0.0502. The first-order valence-corrected chi connectivity index (χ1v) is 11.8. The van der Waals surface area contributed by atoms with Crippen molar-refractivity contribution in [2.45, 2.75) is 32.2 Å². The summed E-state index contributed by atoms with van der Waals surface area (Å²) in [6.07, 6.45) is 5.82. The van der Waals surface area contributed by atoms with Crippen LogP contribution in [0.15, 0.2) is 78.3 Å². The van der Waals surface area contributed by atoms with Gasteiger partial charge >= 0.3 is 0 Å². The highest BCUT2D eigenvalue weighted by atomic mass is 127. The zero-order chi connectivity index (χ0) is 22.5. The molecule has 180 valence electrons. The van der Waals surface area contributed by atoms with E-state index in [0.29, 0.717) is 12.6 Å². The van der Waals surface area contributed by atoms with Gasteiger partial charge in [0.2, 0.25) is 0 Å². The van der Waals surface area contributed by atoms with Crippen LogP contribution in [0, 0.1) is 0 Å². The molecule has 3 heterocycles. The SMILES string of the molecule is CCNC(=NCc1ccccc1-n1ccnc1)N1CC2OCCN(Cc3ccccc3)C2C1.I. The van der Waals surface area contributed by atoms with Gasteiger partial charge in [-0.2, -0.15) is 0 Å². The molecule has 0 saturated carbocycles. The molecule has 5 rings (SSSR count). The lowest BCUT2D eigenvalue weighted by Crippen LogP contribution is -2.50. The minimum absolute atomic E-state index is 0.